The minimum atomic E-state index is -5.04. The van der Waals surface area contributed by atoms with Gasteiger partial charge in [-0.15, -0.1) is 0 Å². The molecule has 1 aromatic rings. The van der Waals surface area contributed by atoms with Crippen LogP contribution < -0.4 is 11.2 Å². The minimum Gasteiger partial charge on any atom is -0.396 e. The molecule has 1 saturated heterocycles. The van der Waals surface area contributed by atoms with Crippen molar-refractivity contribution < 1.29 is 47.2 Å². The third-order valence-corrected chi connectivity index (χ3v) is 6.29. The van der Waals surface area contributed by atoms with Crippen molar-refractivity contribution in [2.24, 2.45) is 5.92 Å². The second-order valence-corrected chi connectivity index (χ2v) is 8.57. The molecule has 2 heterocycles. The van der Waals surface area contributed by atoms with Crippen molar-refractivity contribution in [1.82, 2.24) is 9.55 Å². The topological polar surface area (TPSA) is 207 Å². The Balaban J connectivity index is 2.13. The number of aromatic nitrogens is 2. The van der Waals surface area contributed by atoms with Crippen LogP contribution in [0, 0.1) is 5.92 Å². The van der Waals surface area contributed by atoms with Crippen molar-refractivity contribution in [2.45, 2.75) is 18.4 Å². The maximum Gasteiger partial charge on any atom is 0.481 e. The average Bonchev–Trinajstić information content (AvgIpc) is 2.88. The highest BCUT2D eigenvalue weighted by Crippen LogP contribution is 2.60. The fraction of sp³-hybridized carbons (Fsp3) is 0.636. The summed E-state index contributed by atoms with van der Waals surface area (Å²) in [6, 6.07) is 1.01. The first-order chi connectivity index (χ1) is 12.5. The van der Waals surface area contributed by atoms with E-state index >= 15 is 0 Å². The van der Waals surface area contributed by atoms with E-state index in [9.17, 15) is 33.8 Å². The van der Waals surface area contributed by atoms with Gasteiger partial charge in [-0.3, -0.25) is 23.4 Å². The number of phosphoric acid groups is 2. The van der Waals surface area contributed by atoms with Gasteiger partial charge in [0.1, 0.15) is 6.10 Å². The highest BCUT2D eigenvalue weighted by Gasteiger charge is 2.46. The largest absolute Gasteiger partial charge is 0.481 e. The molecule has 1 fully saturated rings. The molecule has 1 aromatic heterocycles. The molecular weight excluding hydrogens is 414 g/mol. The van der Waals surface area contributed by atoms with E-state index in [1.165, 1.54) is 0 Å². The Morgan fingerprint density at radius 2 is 1.96 bits per heavy atom. The zero-order chi connectivity index (χ0) is 20.4. The quantitative estimate of drug-likeness (QED) is 0.291. The zero-order valence-electron chi connectivity index (χ0n) is 13.8. The van der Waals surface area contributed by atoms with Gasteiger partial charge in [-0.2, -0.15) is 4.31 Å². The van der Waals surface area contributed by atoms with E-state index in [0.717, 1.165) is 23.9 Å². The first-order valence-electron chi connectivity index (χ1n) is 7.32. The van der Waals surface area contributed by atoms with E-state index in [1.807, 2.05) is 4.98 Å². The third kappa shape index (κ3) is 5.42. The summed E-state index contributed by atoms with van der Waals surface area (Å²) < 4.78 is 41.7. The van der Waals surface area contributed by atoms with E-state index in [1.54, 1.807) is 0 Å². The second-order valence-electron chi connectivity index (χ2n) is 5.42. The van der Waals surface area contributed by atoms with Gasteiger partial charge in [-0.05, 0) is 0 Å². The number of aromatic amines is 1. The van der Waals surface area contributed by atoms with Gasteiger partial charge in [0, 0.05) is 25.3 Å². The molecule has 154 valence electrons. The summed E-state index contributed by atoms with van der Waals surface area (Å²) in [6.45, 7) is -1.38. The van der Waals surface area contributed by atoms with Gasteiger partial charge < -0.3 is 24.7 Å². The standard InChI is InChI=1S/C11H18N2O12P2/c1-22-26(18,19)25-27(20,21)23-5-7-6(4-14)9(16)10(24-7)13-3-2-8(15)12-11(13)17/h2-3,6-7,9-10,14,16H,4-5H2,1H3,(H,18,19)(H,20,21)(H,12,15,17)/t6-,7-,9-,10-/m1/s1. The summed E-state index contributed by atoms with van der Waals surface area (Å²) in [5.74, 6) is -1.04. The second kappa shape index (κ2) is 8.45. The van der Waals surface area contributed by atoms with Crippen molar-refractivity contribution >= 4 is 15.6 Å². The Bertz CT molecular complexity index is 867. The number of nitrogens with one attached hydrogen (secondary N) is 1. The first-order valence-corrected chi connectivity index (χ1v) is 10.3. The average molecular weight is 432 g/mol. The van der Waals surface area contributed by atoms with Gasteiger partial charge in [-0.25, -0.2) is 13.9 Å². The molecule has 2 rings (SSSR count). The molecule has 0 radical (unpaired) electrons. The highest BCUT2D eigenvalue weighted by atomic mass is 31.3. The molecule has 0 bridgehead atoms. The number of aliphatic hydroxyl groups is 2. The molecule has 1 aliphatic rings. The Hall–Kier alpha value is -1.18. The molecule has 27 heavy (non-hydrogen) atoms. The number of aliphatic hydroxyl groups excluding tert-OH is 2. The van der Waals surface area contributed by atoms with Gasteiger partial charge in [0.2, 0.25) is 0 Å². The molecule has 0 spiro atoms. The van der Waals surface area contributed by atoms with E-state index in [4.69, 9.17) is 9.63 Å². The molecule has 0 saturated carbocycles. The summed E-state index contributed by atoms with van der Waals surface area (Å²) in [5.41, 5.74) is -1.56. The number of nitrogens with zero attached hydrogens (tertiary/aromatic N) is 1. The zero-order valence-corrected chi connectivity index (χ0v) is 15.6. The SMILES string of the molecule is COP(=O)(O)OP(=O)(O)OC[C@H]1O[C@@H](n2ccc(=O)[nH]c2=O)[C@H](O)[C@@H]1CO. The predicted octanol–water partition coefficient (Wildman–Crippen LogP) is -1.72. The molecule has 0 aromatic carbocycles. The Labute approximate surface area is 151 Å². The molecule has 0 aliphatic carbocycles. The van der Waals surface area contributed by atoms with Gasteiger partial charge >= 0.3 is 21.3 Å². The molecule has 14 nitrogen and oxygen atoms in total. The number of H-pyrrole nitrogens is 1. The van der Waals surface area contributed by atoms with Crippen molar-refractivity contribution in [3.8, 4) is 0 Å². The predicted molar refractivity (Wildman–Crippen MR) is 85.5 cm³/mol. The number of phosphoric ester groups is 2. The van der Waals surface area contributed by atoms with Crippen LogP contribution in [0.5, 0.6) is 0 Å². The summed E-state index contributed by atoms with van der Waals surface area (Å²) in [6.07, 6.45) is -2.90. The van der Waals surface area contributed by atoms with Crippen LogP contribution in [0.1, 0.15) is 6.23 Å². The molecule has 2 unspecified atom stereocenters. The molecule has 1 aliphatic heterocycles. The Morgan fingerprint density at radius 1 is 1.30 bits per heavy atom. The van der Waals surface area contributed by atoms with Crippen molar-refractivity contribution in [1.29, 1.82) is 0 Å². The van der Waals surface area contributed by atoms with Crippen molar-refractivity contribution in [3.05, 3.63) is 33.1 Å². The van der Waals surface area contributed by atoms with Crippen LogP contribution in [0.2, 0.25) is 0 Å². The summed E-state index contributed by atoms with van der Waals surface area (Å²) in [7, 11) is -9.09. The number of rotatable bonds is 8. The third-order valence-electron chi connectivity index (χ3n) is 3.70. The maximum absolute atomic E-state index is 11.8. The lowest BCUT2D eigenvalue weighted by molar-refractivity contribution is -0.0532. The fourth-order valence-corrected chi connectivity index (χ4v) is 4.23. The van der Waals surface area contributed by atoms with Gasteiger partial charge in [0.05, 0.1) is 19.3 Å². The molecular formula is C11H18N2O12P2. The fourth-order valence-electron chi connectivity index (χ4n) is 2.39. The van der Waals surface area contributed by atoms with Gasteiger partial charge in [0.25, 0.3) is 5.56 Å². The van der Waals surface area contributed by atoms with E-state index in [2.05, 4.69) is 13.4 Å². The first kappa shape index (κ1) is 22.1. The summed E-state index contributed by atoms with van der Waals surface area (Å²) >= 11 is 0. The van der Waals surface area contributed by atoms with Crippen LogP contribution in [0.25, 0.3) is 0 Å². The molecule has 5 N–H and O–H groups in total. The van der Waals surface area contributed by atoms with Crippen LogP contribution >= 0.6 is 15.6 Å². The summed E-state index contributed by atoms with van der Waals surface area (Å²) in [4.78, 5) is 43.4. The van der Waals surface area contributed by atoms with Crippen LogP contribution in [0.4, 0.5) is 0 Å². The lowest BCUT2D eigenvalue weighted by atomic mass is 9.99. The number of hydrogen-bond acceptors (Lipinski definition) is 10. The van der Waals surface area contributed by atoms with Gasteiger partial charge in [0.15, 0.2) is 6.23 Å². The van der Waals surface area contributed by atoms with E-state index in [-0.39, 0.29) is 0 Å². The van der Waals surface area contributed by atoms with Crippen LogP contribution in [0.15, 0.2) is 21.9 Å². The Kier molecular flexibility index (Phi) is 6.92. The normalized spacial score (nSPS) is 30.0. The van der Waals surface area contributed by atoms with Crippen molar-refractivity contribution in [3.63, 3.8) is 0 Å². The number of ether oxygens (including phenoxy) is 1. The lowest BCUT2D eigenvalue weighted by Crippen LogP contribution is -2.36. The van der Waals surface area contributed by atoms with E-state index in [0.29, 0.717) is 0 Å². The molecule has 0 amide bonds. The maximum atomic E-state index is 11.8. The van der Waals surface area contributed by atoms with Crippen LogP contribution in [-0.4, -0.2) is 62.1 Å². The summed E-state index contributed by atoms with van der Waals surface area (Å²) in [5, 5.41) is 19.7. The van der Waals surface area contributed by atoms with Crippen LogP contribution in [-0.2, 0) is 27.2 Å². The Morgan fingerprint density at radius 3 is 2.52 bits per heavy atom. The smallest absolute Gasteiger partial charge is 0.396 e. The van der Waals surface area contributed by atoms with Crippen molar-refractivity contribution in [2.75, 3.05) is 20.3 Å². The van der Waals surface area contributed by atoms with E-state index < -0.39 is 64.5 Å². The van der Waals surface area contributed by atoms with Gasteiger partial charge in [-0.1, -0.05) is 0 Å². The van der Waals surface area contributed by atoms with Crippen LogP contribution in [0.3, 0.4) is 0 Å². The molecule has 6 atom stereocenters. The lowest BCUT2D eigenvalue weighted by Gasteiger charge is -2.19. The minimum absolute atomic E-state index is 0.642. The monoisotopic (exact) mass is 432 g/mol. The number of hydrogen-bond donors (Lipinski definition) is 5. The molecule has 16 heteroatoms. The highest BCUT2D eigenvalue weighted by molar-refractivity contribution is 7.61.